The van der Waals surface area contributed by atoms with Gasteiger partial charge in [0.2, 0.25) is 0 Å². The van der Waals surface area contributed by atoms with E-state index >= 15 is 0 Å². The molecule has 25 heavy (non-hydrogen) atoms. The lowest BCUT2D eigenvalue weighted by atomic mass is 10.1. The minimum absolute atomic E-state index is 0.0375. The van der Waals surface area contributed by atoms with Crippen LogP contribution in [-0.4, -0.2) is 28.9 Å². The van der Waals surface area contributed by atoms with Crippen LogP contribution in [-0.2, 0) is 9.53 Å². The Hall–Kier alpha value is 0.300. The molecule has 0 spiro atoms. The molecule has 0 N–H and O–H groups in total. The van der Waals surface area contributed by atoms with E-state index in [2.05, 4.69) is 29.8 Å². The van der Waals surface area contributed by atoms with Gasteiger partial charge in [-0.1, -0.05) is 94.0 Å². The standard InChI is InChI=1S/C21H41BrO2S/c1-3-5-7-11-15-19-25-20(16-12-8-6-4-2)21(23)24-18-14-10-9-13-17-22/h20H,3-19H2,1-2H3. The van der Waals surface area contributed by atoms with Gasteiger partial charge in [-0.15, -0.1) is 11.8 Å². The van der Waals surface area contributed by atoms with Crippen molar-refractivity contribution < 1.29 is 9.53 Å². The normalized spacial score (nSPS) is 12.3. The van der Waals surface area contributed by atoms with Crippen LogP contribution in [0.5, 0.6) is 0 Å². The average Bonchev–Trinajstić information content (AvgIpc) is 2.62. The van der Waals surface area contributed by atoms with Crippen LogP contribution in [0.15, 0.2) is 0 Å². The van der Waals surface area contributed by atoms with Gasteiger partial charge in [-0.05, 0) is 31.4 Å². The Balaban J connectivity index is 3.97. The maximum atomic E-state index is 12.4. The highest BCUT2D eigenvalue weighted by Crippen LogP contribution is 2.22. The molecule has 0 amide bonds. The van der Waals surface area contributed by atoms with E-state index in [4.69, 9.17) is 4.74 Å². The summed E-state index contributed by atoms with van der Waals surface area (Å²) in [6, 6.07) is 0. The van der Waals surface area contributed by atoms with Gasteiger partial charge in [-0.3, -0.25) is 4.79 Å². The van der Waals surface area contributed by atoms with Crippen molar-refractivity contribution in [3.8, 4) is 0 Å². The van der Waals surface area contributed by atoms with Crippen LogP contribution in [0.2, 0.25) is 0 Å². The fraction of sp³-hybridized carbons (Fsp3) is 0.952. The molecule has 0 saturated heterocycles. The van der Waals surface area contributed by atoms with Crippen molar-refractivity contribution in [1.29, 1.82) is 0 Å². The number of carbonyl (C=O) groups is 1. The summed E-state index contributed by atoms with van der Waals surface area (Å²) in [4.78, 5) is 12.4. The minimum Gasteiger partial charge on any atom is -0.465 e. The van der Waals surface area contributed by atoms with E-state index in [1.165, 1.54) is 64.2 Å². The second-order valence-corrected chi connectivity index (χ2v) is 9.00. The molecular formula is C21H41BrO2S. The smallest absolute Gasteiger partial charge is 0.319 e. The molecule has 0 aliphatic rings. The number of halogens is 1. The van der Waals surface area contributed by atoms with E-state index < -0.39 is 0 Å². The van der Waals surface area contributed by atoms with E-state index in [0.29, 0.717) is 6.61 Å². The Labute approximate surface area is 169 Å². The van der Waals surface area contributed by atoms with Crippen molar-refractivity contribution in [2.24, 2.45) is 0 Å². The number of esters is 1. The first-order chi connectivity index (χ1) is 12.3. The number of hydrogen-bond acceptors (Lipinski definition) is 3. The highest BCUT2D eigenvalue weighted by molar-refractivity contribution is 9.09. The molecule has 1 unspecified atom stereocenters. The zero-order chi connectivity index (χ0) is 18.6. The number of thioether (sulfide) groups is 1. The van der Waals surface area contributed by atoms with Crippen molar-refractivity contribution in [3.63, 3.8) is 0 Å². The molecule has 1 atom stereocenters. The van der Waals surface area contributed by atoms with Gasteiger partial charge in [0, 0.05) is 5.33 Å². The molecule has 0 heterocycles. The molecule has 0 saturated carbocycles. The molecule has 0 aliphatic heterocycles. The summed E-state index contributed by atoms with van der Waals surface area (Å²) in [5.41, 5.74) is 0. The van der Waals surface area contributed by atoms with Crippen molar-refractivity contribution >= 4 is 33.7 Å². The van der Waals surface area contributed by atoms with Crippen LogP contribution in [0.3, 0.4) is 0 Å². The summed E-state index contributed by atoms with van der Waals surface area (Å²) in [6.07, 6.45) is 17.0. The Morgan fingerprint density at radius 3 is 2.12 bits per heavy atom. The Morgan fingerprint density at radius 1 is 0.840 bits per heavy atom. The van der Waals surface area contributed by atoms with Crippen molar-refractivity contribution in [3.05, 3.63) is 0 Å². The van der Waals surface area contributed by atoms with Crippen LogP contribution in [0.25, 0.3) is 0 Å². The Kier molecular flexibility index (Phi) is 20.9. The molecule has 0 bridgehead atoms. The van der Waals surface area contributed by atoms with Crippen LogP contribution >= 0.6 is 27.7 Å². The first-order valence-electron chi connectivity index (χ1n) is 10.6. The van der Waals surface area contributed by atoms with Gasteiger partial charge in [0.25, 0.3) is 0 Å². The van der Waals surface area contributed by atoms with Gasteiger partial charge in [-0.25, -0.2) is 0 Å². The molecule has 2 nitrogen and oxygen atoms in total. The topological polar surface area (TPSA) is 26.3 Å². The Bertz CT molecular complexity index is 287. The summed E-state index contributed by atoms with van der Waals surface area (Å²) in [7, 11) is 0. The van der Waals surface area contributed by atoms with Crippen LogP contribution < -0.4 is 0 Å². The molecular weight excluding hydrogens is 396 g/mol. The fourth-order valence-electron chi connectivity index (χ4n) is 2.77. The van der Waals surface area contributed by atoms with Gasteiger partial charge in [0.1, 0.15) is 5.25 Å². The monoisotopic (exact) mass is 436 g/mol. The molecule has 0 radical (unpaired) electrons. The van der Waals surface area contributed by atoms with Crippen molar-refractivity contribution in [2.45, 2.75) is 109 Å². The lowest BCUT2D eigenvalue weighted by molar-refractivity contribution is -0.143. The second kappa shape index (κ2) is 20.6. The molecule has 150 valence electrons. The molecule has 4 heteroatoms. The maximum absolute atomic E-state index is 12.4. The lowest BCUT2D eigenvalue weighted by Crippen LogP contribution is -2.21. The van der Waals surface area contributed by atoms with Crippen LogP contribution in [0.1, 0.15) is 104 Å². The third-order valence-corrected chi connectivity index (χ3v) is 6.34. The first-order valence-corrected chi connectivity index (χ1v) is 12.8. The van der Waals surface area contributed by atoms with E-state index in [1.807, 2.05) is 11.8 Å². The summed E-state index contributed by atoms with van der Waals surface area (Å²) in [6.45, 7) is 5.08. The fourth-order valence-corrected chi connectivity index (χ4v) is 4.36. The summed E-state index contributed by atoms with van der Waals surface area (Å²) < 4.78 is 5.57. The average molecular weight is 438 g/mol. The number of alkyl halides is 1. The number of unbranched alkanes of at least 4 members (excludes halogenated alkanes) is 10. The van der Waals surface area contributed by atoms with Crippen LogP contribution in [0.4, 0.5) is 0 Å². The summed E-state index contributed by atoms with van der Waals surface area (Å²) >= 11 is 5.29. The third kappa shape index (κ3) is 17.5. The summed E-state index contributed by atoms with van der Waals surface area (Å²) in [5, 5.41) is 1.13. The zero-order valence-electron chi connectivity index (χ0n) is 16.7. The van der Waals surface area contributed by atoms with Gasteiger partial charge in [0.05, 0.1) is 6.61 Å². The molecule has 0 rings (SSSR count). The molecule has 0 aromatic heterocycles. The number of carbonyl (C=O) groups excluding carboxylic acids is 1. The molecule has 0 aromatic rings. The zero-order valence-corrected chi connectivity index (χ0v) is 19.1. The van der Waals surface area contributed by atoms with Crippen molar-refractivity contribution in [1.82, 2.24) is 0 Å². The highest BCUT2D eigenvalue weighted by Gasteiger charge is 2.19. The summed E-state index contributed by atoms with van der Waals surface area (Å²) in [5.74, 6) is 1.14. The van der Waals surface area contributed by atoms with Gasteiger partial charge >= 0.3 is 5.97 Å². The Morgan fingerprint density at radius 2 is 1.44 bits per heavy atom. The van der Waals surface area contributed by atoms with Crippen LogP contribution in [0, 0.1) is 0 Å². The predicted molar refractivity (Wildman–Crippen MR) is 117 cm³/mol. The third-order valence-electron chi connectivity index (χ3n) is 4.42. The largest absolute Gasteiger partial charge is 0.465 e. The van der Waals surface area contributed by atoms with Gasteiger partial charge in [0.15, 0.2) is 0 Å². The number of hydrogen-bond donors (Lipinski definition) is 0. The van der Waals surface area contributed by atoms with E-state index in [0.717, 1.165) is 36.8 Å². The highest BCUT2D eigenvalue weighted by atomic mass is 79.9. The van der Waals surface area contributed by atoms with Gasteiger partial charge in [-0.2, -0.15) is 0 Å². The molecule has 0 aliphatic carbocycles. The SMILES string of the molecule is CCCCCCCSC(CCCCCC)C(=O)OCCCCCCBr. The lowest BCUT2D eigenvalue weighted by Gasteiger charge is -2.16. The quantitative estimate of drug-likeness (QED) is 0.119. The maximum Gasteiger partial charge on any atom is 0.319 e. The van der Waals surface area contributed by atoms with Crippen molar-refractivity contribution in [2.75, 3.05) is 17.7 Å². The number of ether oxygens (including phenoxy) is 1. The van der Waals surface area contributed by atoms with Gasteiger partial charge < -0.3 is 4.74 Å². The molecule has 0 aromatic carbocycles. The van der Waals surface area contributed by atoms with E-state index in [9.17, 15) is 4.79 Å². The number of rotatable bonds is 19. The predicted octanol–water partition coefficient (Wildman–Crippen LogP) is 7.53. The van der Waals surface area contributed by atoms with E-state index in [-0.39, 0.29) is 11.2 Å². The second-order valence-electron chi connectivity index (χ2n) is 6.89. The minimum atomic E-state index is 0.0375. The van der Waals surface area contributed by atoms with E-state index in [1.54, 1.807) is 0 Å². The molecule has 0 fully saturated rings. The first kappa shape index (κ1) is 25.3.